The number of primary amides is 1. The molecule has 176 valence electrons. The molecular formula is C24H35N3O5. The highest BCUT2D eigenvalue weighted by atomic mass is 16.6. The Morgan fingerprint density at radius 1 is 1.19 bits per heavy atom. The predicted molar refractivity (Wildman–Crippen MR) is 125 cm³/mol. The van der Waals surface area contributed by atoms with Gasteiger partial charge < -0.3 is 25.1 Å². The number of carbonyl (C=O) groups is 2. The highest BCUT2D eigenvalue weighted by Gasteiger charge is 2.22. The topological polar surface area (TPSA) is 113 Å². The summed E-state index contributed by atoms with van der Waals surface area (Å²) >= 11 is 0. The van der Waals surface area contributed by atoms with Crippen molar-refractivity contribution < 1.29 is 19.1 Å². The Morgan fingerprint density at radius 3 is 2.44 bits per heavy atom. The molecule has 1 aromatic carbocycles. The Bertz CT molecular complexity index is 1030. The maximum Gasteiger partial charge on any atom is 0.407 e. The molecule has 0 aliphatic rings. The molecule has 8 heteroatoms. The number of rotatable bonds is 9. The summed E-state index contributed by atoms with van der Waals surface area (Å²) < 4.78 is 13.2. The van der Waals surface area contributed by atoms with Gasteiger partial charge >= 0.3 is 6.09 Å². The monoisotopic (exact) mass is 445 g/mol. The molecule has 8 nitrogen and oxygen atoms in total. The van der Waals surface area contributed by atoms with Crippen LogP contribution in [0.1, 0.15) is 70.4 Å². The standard InChI is InChI=1S/C24H35N3O5/c1-7-8-11-31-20-18-12-16(21(25)28)9-10-17(18)22(29)27(13-15(2)3)19(20)14-32-23(30)26-24(4,5)6/h9-10,12,15H,7-8,11,13-14H2,1-6H3,(H2,25,28)(H,26,30). The zero-order valence-electron chi connectivity index (χ0n) is 19.9. The zero-order chi connectivity index (χ0) is 24.1. The Hall–Kier alpha value is -3.03. The Balaban J connectivity index is 2.68. The molecule has 2 amide bonds. The van der Waals surface area contributed by atoms with Gasteiger partial charge in [0.1, 0.15) is 18.1 Å². The molecule has 0 bridgehead atoms. The van der Waals surface area contributed by atoms with Crippen molar-refractivity contribution in [3.05, 3.63) is 39.8 Å². The Morgan fingerprint density at radius 2 is 1.88 bits per heavy atom. The van der Waals surface area contributed by atoms with Crippen molar-refractivity contribution in [1.29, 1.82) is 0 Å². The number of nitrogens with two attached hydrogens (primary N) is 1. The number of aromatic nitrogens is 1. The van der Waals surface area contributed by atoms with E-state index in [2.05, 4.69) is 5.32 Å². The number of hydrogen-bond acceptors (Lipinski definition) is 5. The van der Waals surface area contributed by atoms with Crippen molar-refractivity contribution in [3.8, 4) is 5.75 Å². The van der Waals surface area contributed by atoms with E-state index in [1.807, 2.05) is 41.5 Å². The van der Waals surface area contributed by atoms with Gasteiger partial charge in [0, 0.05) is 23.0 Å². The number of pyridine rings is 1. The normalized spacial score (nSPS) is 11.6. The summed E-state index contributed by atoms with van der Waals surface area (Å²) in [5, 5.41) is 3.65. The molecule has 1 aromatic heterocycles. The molecule has 2 rings (SSSR count). The van der Waals surface area contributed by atoms with Gasteiger partial charge in [0.25, 0.3) is 5.56 Å². The van der Waals surface area contributed by atoms with Crippen LogP contribution in [0.15, 0.2) is 23.0 Å². The number of carbonyl (C=O) groups excluding carboxylic acids is 2. The summed E-state index contributed by atoms with van der Waals surface area (Å²) in [5.74, 6) is 0.00108. The molecule has 2 aromatic rings. The van der Waals surface area contributed by atoms with Crippen LogP contribution in [0.5, 0.6) is 5.75 Å². The predicted octanol–water partition coefficient (Wildman–Crippen LogP) is 3.96. The number of nitrogens with one attached hydrogen (secondary N) is 1. The second-order valence-electron chi connectivity index (χ2n) is 9.36. The van der Waals surface area contributed by atoms with Crippen LogP contribution in [-0.4, -0.2) is 28.7 Å². The number of fused-ring (bicyclic) bond motifs is 1. The van der Waals surface area contributed by atoms with Gasteiger partial charge in [-0.15, -0.1) is 0 Å². The summed E-state index contributed by atoms with van der Waals surface area (Å²) in [6, 6.07) is 4.70. The number of unbranched alkanes of at least 4 members (excludes halogenated alkanes) is 1. The minimum absolute atomic E-state index is 0.151. The maximum atomic E-state index is 13.4. The highest BCUT2D eigenvalue weighted by molar-refractivity contribution is 5.99. The van der Waals surface area contributed by atoms with Gasteiger partial charge in [-0.2, -0.15) is 0 Å². The van der Waals surface area contributed by atoms with Crippen LogP contribution in [0.25, 0.3) is 10.8 Å². The first-order valence-electron chi connectivity index (χ1n) is 11.0. The van der Waals surface area contributed by atoms with E-state index in [9.17, 15) is 14.4 Å². The number of nitrogens with zero attached hydrogens (tertiary/aromatic N) is 1. The summed E-state index contributed by atoms with van der Waals surface area (Å²) in [6.45, 7) is 12.3. The molecule has 0 radical (unpaired) electrons. The third-order valence-electron chi connectivity index (χ3n) is 4.72. The quantitative estimate of drug-likeness (QED) is 0.567. The molecule has 0 aliphatic carbocycles. The molecule has 3 N–H and O–H groups in total. The lowest BCUT2D eigenvalue weighted by Gasteiger charge is -2.23. The van der Waals surface area contributed by atoms with Crippen molar-refractivity contribution in [2.75, 3.05) is 6.61 Å². The average Bonchev–Trinajstić information content (AvgIpc) is 2.68. The van der Waals surface area contributed by atoms with E-state index in [4.69, 9.17) is 15.2 Å². The van der Waals surface area contributed by atoms with E-state index in [0.717, 1.165) is 12.8 Å². The molecule has 1 heterocycles. The number of alkyl carbamates (subject to hydrolysis) is 1. The number of hydrogen-bond donors (Lipinski definition) is 2. The smallest absolute Gasteiger partial charge is 0.407 e. The lowest BCUT2D eigenvalue weighted by Crippen LogP contribution is -2.41. The van der Waals surface area contributed by atoms with Crippen molar-refractivity contribution in [3.63, 3.8) is 0 Å². The van der Waals surface area contributed by atoms with Crippen LogP contribution in [-0.2, 0) is 17.9 Å². The van der Waals surface area contributed by atoms with Gasteiger partial charge in [0.2, 0.25) is 5.91 Å². The summed E-state index contributed by atoms with van der Waals surface area (Å²) in [4.78, 5) is 37.4. The highest BCUT2D eigenvalue weighted by Crippen LogP contribution is 2.30. The van der Waals surface area contributed by atoms with Crippen molar-refractivity contribution in [2.45, 2.75) is 73.1 Å². The second-order valence-corrected chi connectivity index (χ2v) is 9.36. The molecule has 0 atom stereocenters. The number of ether oxygens (including phenoxy) is 2. The van der Waals surface area contributed by atoms with Crippen LogP contribution in [0.3, 0.4) is 0 Å². The van der Waals surface area contributed by atoms with Gasteiger partial charge in [-0.05, 0) is 51.3 Å². The number of benzene rings is 1. The van der Waals surface area contributed by atoms with Crippen LogP contribution in [0.2, 0.25) is 0 Å². The van der Waals surface area contributed by atoms with Gasteiger partial charge in [0.15, 0.2) is 0 Å². The minimum Gasteiger partial charge on any atom is -0.491 e. The molecule has 0 spiro atoms. The van der Waals surface area contributed by atoms with Crippen LogP contribution in [0, 0.1) is 5.92 Å². The van der Waals surface area contributed by atoms with Crippen molar-refractivity contribution >= 4 is 22.8 Å². The van der Waals surface area contributed by atoms with E-state index in [0.29, 0.717) is 35.4 Å². The lowest BCUT2D eigenvalue weighted by molar-refractivity contribution is 0.1000. The third-order valence-corrected chi connectivity index (χ3v) is 4.72. The van der Waals surface area contributed by atoms with Crippen LogP contribution < -0.4 is 21.3 Å². The van der Waals surface area contributed by atoms with E-state index in [1.54, 1.807) is 16.7 Å². The molecule has 0 fully saturated rings. The first kappa shape index (κ1) is 25.2. The average molecular weight is 446 g/mol. The Kier molecular flexibility index (Phi) is 8.30. The van der Waals surface area contributed by atoms with E-state index < -0.39 is 17.5 Å². The number of amides is 2. The zero-order valence-corrected chi connectivity index (χ0v) is 19.9. The molecule has 0 saturated heterocycles. The van der Waals surface area contributed by atoms with Crippen molar-refractivity contribution in [2.24, 2.45) is 11.7 Å². The Labute approximate surface area is 189 Å². The fraction of sp³-hybridized carbons (Fsp3) is 0.542. The second kappa shape index (κ2) is 10.5. The van der Waals surface area contributed by atoms with Gasteiger partial charge in [0.05, 0.1) is 12.0 Å². The summed E-state index contributed by atoms with van der Waals surface area (Å²) in [6.07, 6.45) is 1.15. The maximum absolute atomic E-state index is 13.4. The van der Waals surface area contributed by atoms with Gasteiger partial charge in [-0.1, -0.05) is 27.2 Å². The fourth-order valence-corrected chi connectivity index (χ4v) is 3.28. The van der Waals surface area contributed by atoms with Gasteiger partial charge in [-0.3, -0.25) is 9.59 Å². The first-order chi connectivity index (χ1) is 14.9. The van der Waals surface area contributed by atoms with E-state index >= 15 is 0 Å². The summed E-state index contributed by atoms with van der Waals surface area (Å²) in [7, 11) is 0. The molecule has 32 heavy (non-hydrogen) atoms. The summed E-state index contributed by atoms with van der Waals surface area (Å²) in [5.41, 5.74) is 5.50. The molecule has 0 aliphatic heterocycles. The van der Waals surface area contributed by atoms with E-state index in [1.165, 1.54) is 6.07 Å². The van der Waals surface area contributed by atoms with Crippen molar-refractivity contribution in [1.82, 2.24) is 9.88 Å². The van der Waals surface area contributed by atoms with E-state index in [-0.39, 0.29) is 23.6 Å². The van der Waals surface area contributed by atoms with Crippen LogP contribution >= 0.6 is 0 Å². The van der Waals surface area contributed by atoms with Crippen LogP contribution in [0.4, 0.5) is 4.79 Å². The largest absolute Gasteiger partial charge is 0.491 e. The van der Waals surface area contributed by atoms with Gasteiger partial charge in [-0.25, -0.2) is 4.79 Å². The minimum atomic E-state index is -0.597. The molecular weight excluding hydrogens is 410 g/mol. The molecule has 0 saturated carbocycles. The SMILES string of the molecule is CCCCOc1c(COC(=O)NC(C)(C)C)n(CC(C)C)c(=O)c2ccc(C(N)=O)cc12. The first-order valence-corrected chi connectivity index (χ1v) is 11.0. The molecule has 0 unspecified atom stereocenters. The lowest BCUT2D eigenvalue weighted by atomic mass is 10.0. The third kappa shape index (κ3) is 6.48. The fourth-order valence-electron chi connectivity index (χ4n) is 3.28.